The normalized spacial score (nSPS) is 12.8. The Hall–Kier alpha value is -1.13. The van der Waals surface area contributed by atoms with Crippen molar-refractivity contribution in [1.82, 2.24) is 15.1 Å². The monoisotopic (exact) mass is 277 g/mol. The number of aryl methyl sites for hydroxylation is 3. The fourth-order valence-electron chi connectivity index (χ4n) is 2.38. The van der Waals surface area contributed by atoms with Gasteiger partial charge in [-0.2, -0.15) is 5.10 Å². The number of thiophene rings is 1. The van der Waals surface area contributed by atoms with Crippen LogP contribution in [0.2, 0.25) is 0 Å². The van der Waals surface area contributed by atoms with E-state index in [2.05, 4.69) is 48.8 Å². The van der Waals surface area contributed by atoms with Crippen LogP contribution in [0, 0.1) is 6.92 Å². The highest BCUT2D eigenvalue weighted by Crippen LogP contribution is 2.31. The summed E-state index contributed by atoms with van der Waals surface area (Å²) in [4.78, 5) is 1.41. The summed E-state index contributed by atoms with van der Waals surface area (Å²) in [5.74, 6) is 0. The van der Waals surface area contributed by atoms with E-state index in [1.807, 2.05) is 23.1 Å². The second-order valence-corrected chi connectivity index (χ2v) is 5.86. The molecule has 0 aromatic carbocycles. The van der Waals surface area contributed by atoms with Gasteiger partial charge in [0.2, 0.25) is 0 Å². The van der Waals surface area contributed by atoms with Gasteiger partial charge in [0.15, 0.2) is 0 Å². The third kappa shape index (κ3) is 3.07. The summed E-state index contributed by atoms with van der Waals surface area (Å²) in [5.41, 5.74) is 3.89. The molecule has 0 aliphatic heterocycles. The van der Waals surface area contributed by atoms with Crippen molar-refractivity contribution in [1.29, 1.82) is 0 Å². The molecule has 0 amide bonds. The number of hydrogen-bond donors (Lipinski definition) is 1. The van der Waals surface area contributed by atoms with Gasteiger partial charge < -0.3 is 5.32 Å². The summed E-state index contributed by atoms with van der Waals surface area (Å²) in [6, 6.07) is 2.48. The van der Waals surface area contributed by atoms with Gasteiger partial charge in [0, 0.05) is 23.7 Å². The Morgan fingerprint density at radius 1 is 1.42 bits per heavy atom. The van der Waals surface area contributed by atoms with Crippen LogP contribution in [0.4, 0.5) is 0 Å². The van der Waals surface area contributed by atoms with E-state index in [4.69, 9.17) is 0 Å². The first-order valence-electron chi connectivity index (χ1n) is 6.97. The van der Waals surface area contributed by atoms with E-state index in [9.17, 15) is 0 Å². The molecular formula is C15H23N3S. The van der Waals surface area contributed by atoms with Crippen LogP contribution >= 0.6 is 11.3 Å². The Kier molecular flexibility index (Phi) is 4.77. The lowest BCUT2D eigenvalue weighted by Gasteiger charge is -2.18. The van der Waals surface area contributed by atoms with Gasteiger partial charge in [-0.15, -0.1) is 11.3 Å². The Morgan fingerprint density at radius 3 is 2.79 bits per heavy atom. The average molecular weight is 277 g/mol. The van der Waals surface area contributed by atoms with Crippen LogP contribution in [-0.2, 0) is 13.5 Å². The Bertz CT molecular complexity index is 527. The molecule has 2 aromatic rings. The number of rotatable bonds is 6. The molecule has 0 saturated carbocycles. The van der Waals surface area contributed by atoms with Gasteiger partial charge >= 0.3 is 0 Å². The van der Waals surface area contributed by atoms with E-state index >= 15 is 0 Å². The fourth-order valence-corrected chi connectivity index (χ4v) is 3.40. The lowest BCUT2D eigenvalue weighted by atomic mass is 10.0. The van der Waals surface area contributed by atoms with Crippen molar-refractivity contribution < 1.29 is 0 Å². The zero-order valence-corrected chi connectivity index (χ0v) is 13.0. The first-order chi connectivity index (χ1) is 9.17. The molecule has 0 spiro atoms. The molecular weight excluding hydrogens is 254 g/mol. The summed E-state index contributed by atoms with van der Waals surface area (Å²) >= 11 is 1.83. The minimum absolute atomic E-state index is 0.281. The fraction of sp³-hybridized carbons (Fsp3) is 0.533. The van der Waals surface area contributed by atoms with Crippen molar-refractivity contribution in [3.8, 4) is 0 Å². The first kappa shape index (κ1) is 14.3. The highest BCUT2D eigenvalue weighted by Gasteiger charge is 2.21. The van der Waals surface area contributed by atoms with E-state index in [1.165, 1.54) is 21.7 Å². The van der Waals surface area contributed by atoms with E-state index in [1.54, 1.807) is 0 Å². The molecule has 0 aliphatic carbocycles. The third-order valence-corrected chi connectivity index (χ3v) is 4.43. The molecule has 0 saturated heterocycles. The second kappa shape index (κ2) is 6.35. The lowest BCUT2D eigenvalue weighted by Crippen LogP contribution is -2.23. The molecule has 3 nitrogen and oxygen atoms in total. The van der Waals surface area contributed by atoms with Gasteiger partial charge in [-0.05, 0) is 43.3 Å². The van der Waals surface area contributed by atoms with Gasteiger partial charge in [-0.25, -0.2) is 0 Å². The molecule has 1 unspecified atom stereocenters. The first-order valence-corrected chi connectivity index (χ1v) is 7.85. The van der Waals surface area contributed by atoms with E-state index in [-0.39, 0.29) is 6.04 Å². The van der Waals surface area contributed by atoms with Crippen LogP contribution in [0.25, 0.3) is 0 Å². The molecule has 1 N–H and O–H groups in total. The zero-order chi connectivity index (χ0) is 13.8. The van der Waals surface area contributed by atoms with Gasteiger partial charge in [-0.1, -0.05) is 13.8 Å². The smallest absolute Gasteiger partial charge is 0.0707 e. The molecule has 0 aliphatic rings. The minimum Gasteiger partial charge on any atom is -0.305 e. The van der Waals surface area contributed by atoms with Gasteiger partial charge in [0.1, 0.15) is 0 Å². The van der Waals surface area contributed by atoms with E-state index < -0.39 is 0 Å². The van der Waals surface area contributed by atoms with Gasteiger partial charge in [-0.3, -0.25) is 4.68 Å². The quantitative estimate of drug-likeness (QED) is 0.876. The molecule has 0 bridgehead atoms. The maximum atomic E-state index is 4.58. The number of hydrogen-bond acceptors (Lipinski definition) is 3. The highest BCUT2D eigenvalue weighted by molar-refractivity contribution is 7.10. The Labute approximate surface area is 119 Å². The number of nitrogens with zero attached hydrogens (tertiary/aromatic N) is 2. The molecule has 2 rings (SSSR count). The van der Waals surface area contributed by atoms with E-state index in [0.717, 1.165) is 19.4 Å². The van der Waals surface area contributed by atoms with Crippen LogP contribution in [0.5, 0.6) is 0 Å². The zero-order valence-electron chi connectivity index (χ0n) is 12.2. The summed E-state index contributed by atoms with van der Waals surface area (Å²) < 4.78 is 1.93. The number of aromatic nitrogens is 2. The summed E-state index contributed by atoms with van der Waals surface area (Å²) in [5, 5.41) is 10.4. The van der Waals surface area contributed by atoms with Gasteiger partial charge in [0.05, 0.1) is 11.7 Å². The van der Waals surface area contributed by atoms with Crippen molar-refractivity contribution >= 4 is 11.3 Å². The third-order valence-electron chi connectivity index (χ3n) is 3.35. The predicted octanol–water partition coefficient (Wildman–Crippen LogP) is 3.44. The molecule has 104 valence electrons. The van der Waals surface area contributed by atoms with Crippen LogP contribution < -0.4 is 5.32 Å². The predicted molar refractivity (Wildman–Crippen MR) is 81.8 cm³/mol. The second-order valence-electron chi connectivity index (χ2n) is 4.91. The van der Waals surface area contributed by atoms with Crippen molar-refractivity contribution in [3.05, 3.63) is 39.3 Å². The van der Waals surface area contributed by atoms with Gasteiger partial charge in [0.25, 0.3) is 0 Å². The van der Waals surface area contributed by atoms with Crippen LogP contribution in [-0.4, -0.2) is 16.3 Å². The standard InChI is InChI=1S/C15H23N3S/c1-5-8-16-14(15-11(3)7-9-19-15)12-10-18(4)17-13(12)6-2/h7,9-10,14,16H,5-6,8H2,1-4H3. The van der Waals surface area contributed by atoms with Crippen LogP contribution in [0.3, 0.4) is 0 Å². The molecule has 19 heavy (non-hydrogen) atoms. The number of nitrogens with one attached hydrogen (secondary N) is 1. The Morgan fingerprint density at radius 2 is 2.21 bits per heavy atom. The van der Waals surface area contributed by atoms with Crippen LogP contribution in [0.1, 0.15) is 48.0 Å². The van der Waals surface area contributed by atoms with Crippen LogP contribution in [0.15, 0.2) is 17.6 Å². The molecule has 4 heteroatoms. The molecule has 2 heterocycles. The SMILES string of the molecule is CCCNC(c1cn(C)nc1CC)c1sccc1C. The molecule has 1 atom stereocenters. The van der Waals surface area contributed by atoms with Crippen molar-refractivity contribution in [2.24, 2.45) is 7.05 Å². The maximum Gasteiger partial charge on any atom is 0.0707 e. The highest BCUT2D eigenvalue weighted by atomic mass is 32.1. The largest absolute Gasteiger partial charge is 0.305 e. The molecule has 0 fully saturated rings. The lowest BCUT2D eigenvalue weighted by molar-refractivity contribution is 0.600. The maximum absolute atomic E-state index is 4.58. The summed E-state index contributed by atoms with van der Waals surface area (Å²) in [6.07, 6.45) is 4.28. The average Bonchev–Trinajstić information content (AvgIpc) is 2.97. The summed E-state index contributed by atoms with van der Waals surface area (Å²) in [6.45, 7) is 7.59. The van der Waals surface area contributed by atoms with Crippen molar-refractivity contribution in [2.75, 3.05) is 6.54 Å². The minimum atomic E-state index is 0.281. The van der Waals surface area contributed by atoms with Crippen molar-refractivity contribution in [3.63, 3.8) is 0 Å². The van der Waals surface area contributed by atoms with Crippen molar-refractivity contribution in [2.45, 2.75) is 39.7 Å². The summed E-state index contributed by atoms with van der Waals surface area (Å²) in [7, 11) is 2.00. The molecule has 0 radical (unpaired) electrons. The van der Waals surface area contributed by atoms with E-state index in [0.29, 0.717) is 0 Å². The topological polar surface area (TPSA) is 29.9 Å². The Balaban J connectivity index is 2.39. The molecule has 2 aromatic heterocycles.